The van der Waals surface area contributed by atoms with E-state index >= 15 is 0 Å². The lowest BCUT2D eigenvalue weighted by Gasteiger charge is -2.32. The molecule has 404 valence electrons. The molecule has 0 radical (unpaired) electrons. The first-order chi connectivity index (χ1) is 33.4. The van der Waals surface area contributed by atoms with Crippen molar-refractivity contribution in [2.45, 2.75) is 252 Å². The summed E-state index contributed by atoms with van der Waals surface area (Å²) in [6.45, 7) is 8.70. The highest BCUT2D eigenvalue weighted by Crippen LogP contribution is 2.26. The number of ether oxygens (including phenoxy) is 6. The van der Waals surface area contributed by atoms with E-state index in [-0.39, 0.29) is 95.7 Å². The van der Waals surface area contributed by atoms with Crippen LogP contribution in [0, 0.1) is 11.3 Å². The van der Waals surface area contributed by atoms with Crippen molar-refractivity contribution >= 4 is 35.8 Å². The quantitative estimate of drug-likeness (QED) is 0.0322. The van der Waals surface area contributed by atoms with Crippen molar-refractivity contribution in [2.24, 2.45) is 11.3 Å². The first kappa shape index (κ1) is 65.8. The van der Waals surface area contributed by atoms with Crippen LogP contribution in [-0.4, -0.2) is 101 Å². The largest absolute Gasteiger partial charge is 0.466 e. The van der Waals surface area contributed by atoms with Gasteiger partial charge in [-0.25, -0.2) is 0 Å². The molecule has 13 heteroatoms. The fraction of sp³-hybridized carbons (Fsp3) is 0.893. The lowest BCUT2D eigenvalue weighted by Crippen LogP contribution is -2.44. The molecule has 0 N–H and O–H groups in total. The molecule has 0 aliphatic heterocycles. The van der Waals surface area contributed by atoms with Gasteiger partial charge in [0.05, 0.1) is 13.2 Å². The number of hydrogen-bond donors (Lipinski definition) is 0. The van der Waals surface area contributed by atoms with Crippen LogP contribution >= 0.6 is 0 Å². The molecule has 0 spiro atoms. The lowest BCUT2D eigenvalue weighted by atomic mass is 9.91. The normalized spacial score (nSPS) is 11.5. The fourth-order valence-electron chi connectivity index (χ4n) is 8.05. The van der Waals surface area contributed by atoms with Gasteiger partial charge in [0.1, 0.15) is 31.8 Å². The number of carbonyl (C=O) groups is 6. The van der Waals surface area contributed by atoms with Crippen molar-refractivity contribution in [1.29, 1.82) is 0 Å². The van der Waals surface area contributed by atoms with Gasteiger partial charge in [-0.05, 0) is 71.5 Å². The molecule has 0 heterocycles. The average Bonchev–Trinajstić information content (AvgIpc) is 3.32. The summed E-state index contributed by atoms with van der Waals surface area (Å²) >= 11 is 0. The minimum atomic E-state index is -1.42. The third-order valence-corrected chi connectivity index (χ3v) is 12.6. The van der Waals surface area contributed by atoms with Crippen molar-refractivity contribution in [1.82, 2.24) is 4.90 Å². The Morgan fingerprint density at radius 2 is 0.638 bits per heavy atom. The zero-order valence-electron chi connectivity index (χ0n) is 45.1. The van der Waals surface area contributed by atoms with E-state index in [9.17, 15) is 28.8 Å². The molecule has 0 fully saturated rings. The number of rotatable bonds is 50. The molecule has 0 aromatic rings. The van der Waals surface area contributed by atoms with Crippen LogP contribution in [-0.2, 0) is 57.2 Å². The van der Waals surface area contributed by atoms with Crippen molar-refractivity contribution in [3.8, 4) is 0 Å². The molecule has 0 aromatic carbocycles. The summed E-state index contributed by atoms with van der Waals surface area (Å²) in [6, 6.07) is 0. The summed E-state index contributed by atoms with van der Waals surface area (Å²) in [7, 11) is 3.82. The van der Waals surface area contributed by atoms with Gasteiger partial charge in [-0.3, -0.25) is 28.8 Å². The Hall–Kier alpha value is -3.22. The second-order valence-corrected chi connectivity index (χ2v) is 19.9. The van der Waals surface area contributed by atoms with Crippen LogP contribution in [0.1, 0.15) is 252 Å². The van der Waals surface area contributed by atoms with Crippen LogP contribution in [0.15, 0.2) is 0 Å². The van der Waals surface area contributed by atoms with Gasteiger partial charge in [0.25, 0.3) is 0 Å². The van der Waals surface area contributed by atoms with Gasteiger partial charge in [0.15, 0.2) is 0 Å². The predicted molar refractivity (Wildman–Crippen MR) is 275 cm³/mol. The first-order valence-corrected chi connectivity index (χ1v) is 28.0. The van der Waals surface area contributed by atoms with E-state index in [2.05, 4.69) is 27.7 Å². The molecular formula is C56H103NO12. The minimum absolute atomic E-state index is 0.0575. The van der Waals surface area contributed by atoms with E-state index in [1.165, 1.54) is 77.0 Å². The maximum absolute atomic E-state index is 13.5. The van der Waals surface area contributed by atoms with Crippen LogP contribution in [0.2, 0.25) is 0 Å². The summed E-state index contributed by atoms with van der Waals surface area (Å²) < 4.78 is 34.0. The maximum Gasteiger partial charge on any atom is 0.306 e. The van der Waals surface area contributed by atoms with Crippen molar-refractivity contribution in [2.75, 3.05) is 60.3 Å². The Bertz CT molecular complexity index is 1220. The van der Waals surface area contributed by atoms with Crippen LogP contribution < -0.4 is 0 Å². The van der Waals surface area contributed by atoms with E-state index in [1.54, 1.807) is 0 Å². The number of carbonyl (C=O) groups excluding carboxylic acids is 6. The Kier molecular flexibility index (Phi) is 44.9. The third-order valence-electron chi connectivity index (χ3n) is 12.6. The van der Waals surface area contributed by atoms with Crippen LogP contribution in [0.5, 0.6) is 0 Å². The molecule has 13 nitrogen and oxygen atoms in total. The molecule has 0 aliphatic carbocycles. The summed E-state index contributed by atoms with van der Waals surface area (Å²) in [4.78, 5) is 79.7. The molecule has 69 heavy (non-hydrogen) atoms. The second-order valence-electron chi connectivity index (χ2n) is 19.9. The second kappa shape index (κ2) is 47.1. The topological polar surface area (TPSA) is 161 Å². The molecule has 0 amide bonds. The zero-order chi connectivity index (χ0) is 51.1. The van der Waals surface area contributed by atoms with Gasteiger partial charge in [0, 0.05) is 38.5 Å². The highest BCUT2D eigenvalue weighted by molar-refractivity contribution is 5.73. The SMILES string of the molecule is CCCCCCCCCCCOC(=O)CCCC(=O)OCC(COC(=O)CCCC(=O)OCCCCCCCCCCC)(COC(=O)CCCN(C)C)COC(=O)CC(CCCCC)CCCCC. The van der Waals surface area contributed by atoms with E-state index in [4.69, 9.17) is 28.4 Å². The number of unbranched alkanes of at least 4 members (excludes halogenated alkanes) is 20. The molecule has 0 saturated heterocycles. The highest BCUT2D eigenvalue weighted by atomic mass is 16.6. The molecule has 0 bridgehead atoms. The van der Waals surface area contributed by atoms with E-state index < -0.39 is 29.3 Å². The van der Waals surface area contributed by atoms with Gasteiger partial charge < -0.3 is 33.3 Å². The molecule has 0 aliphatic rings. The Balaban J connectivity index is 5.66. The summed E-state index contributed by atoms with van der Waals surface area (Å²) in [5.41, 5.74) is -1.42. The number of esters is 6. The van der Waals surface area contributed by atoms with E-state index in [1.807, 2.05) is 19.0 Å². The number of nitrogens with zero attached hydrogens (tertiary/aromatic N) is 1. The third kappa shape index (κ3) is 43.3. The van der Waals surface area contributed by atoms with Crippen LogP contribution in [0.25, 0.3) is 0 Å². The summed E-state index contributed by atoms with van der Waals surface area (Å²) in [5, 5.41) is 0. The van der Waals surface area contributed by atoms with E-state index in [0.717, 1.165) is 89.9 Å². The first-order valence-electron chi connectivity index (χ1n) is 28.0. The van der Waals surface area contributed by atoms with Gasteiger partial charge in [-0.1, -0.05) is 169 Å². The smallest absolute Gasteiger partial charge is 0.306 e. The monoisotopic (exact) mass is 982 g/mol. The van der Waals surface area contributed by atoms with Gasteiger partial charge in [0.2, 0.25) is 0 Å². The molecular weight excluding hydrogens is 879 g/mol. The molecule has 0 rings (SSSR count). The lowest BCUT2D eigenvalue weighted by molar-refractivity contribution is -0.171. The van der Waals surface area contributed by atoms with Crippen molar-refractivity contribution < 1.29 is 57.2 Å². The van der Waals surface area contributed by atoms with Crippen LogP contribution in [0.4, 0.5) is 0 Å². The zero-order valence-corrected chi connectivity index (χ0v) is 45.1. The van der Waals surface area contributed by atoms with Gasteiger partial charge in [-0.15, -0.1) is 0 Å². The minimum Gasteiger partial charge on any atom is -0.466 e. The van der Waals surface area contributed by atoms with E-state index in [0.29, 0.717) is 26.2 Å². The van der Waals surface area contributed by atoms with Gasteiger partial charge in [-0.2, -0.15) is 0 Å². The molecule has 0 unspecified atom stereocenters. The average molecular weight is 982 g/mol. The standard InChI is InChI=1S/C56H103NO12/c1-7-11-15-17-19-21-23-25-29-42-64-50(58)36-31-38-52(60)66-45-56(47-68-54(62)40-33-41-57(5)6,48-69-55(63)44-49(34-27-13-9-3)35-28-14-10-4)46-67-53(61)39-32-37-51(59)65-43-30-26-24-22-20-18-16-12-8-2/h49H,7-48H2,1-6H3. The molecule has 0 saturated carbocycles. The Morgan fingerprint density at radius 1 is 0.348 bits per heavy atom. The van der Waals surface area contributed by atoms with Crippen molar-refractivity contribution in [3.63, 3.8) is 0 Å². The fourth-order valence-corrected chi connectivity index (χ4v) is 8.05. The van der Waals surface area contributed by atoms with Crippen LogP contribution in [0.3, 0.4) is 0 Å². The molecule has 0 atom stereocenters. The number of hydrogen-bond acceptors (Lipinski definition) is 13. The van der Waals surface area contributed by atoms with Crippen molar-refractivity contribution in [3.05, 3.63) is 0 Å². The Morgan fingerprint density at radius 3 is 0.986 bits per heavy atom. The summed E-state index contributed by atoms with van der Waals surface area (Å²) in [6.07, 6.45) is 30.5. The highest BCUT2D eigenvalue weighted by Gasteiger charge is 2.38. The predicted octanol–water partition coefficient (Wildman–Crippen LogP) is 13.1. The maximum atomic E-state index is 13.5. The summed E-state index contributed by atoms with van der Waals surface area (Å²) in [5.74, 6) is -2.70. The van der Waals surface area contributed by atoms with Gasteiger partial charge >= 0.3 is 35.8 Å². The Labute approximate surface area is 420 Å². The molecule has 0 aromatic heterocycles.